The van der Waals surface area contributed by atoms with E-state index in [0.29, 0.717) is 11.5 Å². The Morgan fingerprint density at radius 3 is 2.38 bits per heavy atom. The lowest BCUT2D eigenvalue weighted by atomic mass is 10.1. The van der Waals surface area contributed by atoms with Crippen molar-refractivity contribution in [3.8, 4) is 21.7 Å². The first-order valence-electron chi connectivity index (χ1n) is 9.78. The highest BCUT2D eigenvalue weighted by molar-refractivity contribution is 7.17. The van der Waals surface area contributed by atoms with Crippen LogP contribution in [0.3, 0.4) is 0 Å². The number of carbonyl (C=O) groups excluding carboxylic acids is 1. The molecule has 0 saturated heterocycles. The maximum absolute atomic E-state index is 12.5. The molecule has 0 aliphatic rings. The van der Waals surface area contributed by atoms with E-state index >= 15 is 0 Å². The van der Waals surface area contributed by atoms with Gasteiger partial charge in [0.05, 0.1) is 0 Å². The molecule has 2 aromatic carbocycles. The molecule has 0 bridgehead atoms. The van der Waals surface area contributed by atoms with Gasteiger partial charge in [-0.25, -0.2) is 14.3 Å². The highest BCUT2D eigenvalue weighted by Gasteiger charge is 2.18. The van der Waals surface area contributed by atoms with Crippen LogP contribution >= 0.6 is 11.3 Å². The number of carboxylic acid groups (broad SMARTS) is 1. The first-order chi connectivity index (χ1) is 15.4. The molecule has 0 fully saturated rings. The quantitative estimate of drug-likeness (QED) is 0.419. The fraction of sp³-hybridized carbons (Fsp3) is 0.130. The average molecular weight is 449 g/mol. The van der Waals surface area contributed by atoms with E-state index in [2.05, 4.69) is 15.6 Å². The number of carbonyl (C=O) groups is 2. The molecule has 4 aromatic rings. The molecule has 1 amide bonds. The summed E-state index contributed by atoms with van der Waals surface area (Å²) in [5, 5.41) is 20.0. The Morgan fingerprint density at radius 1 is 1.03 bits per heavy atom. The third-order valence-corrected chi connectivity index (χ3v) is 5.98. The Bertz CT molecular complexity index is 1250. The van der Waals surface area contributed by atoms with Gasteiger partial charge in [0.15, 0.2) is 5.82 Å². The Morgan fingerprint density at radius 2 is 1.72 bits per heavy atom. The van der Waals surface area contributed by atoms with Gasteiger partial charge >= 0.3 is 12.1 Å². The van der Waals surface area contributed by atoms with Crippen molar-refractivity contribution >= 4 is 29.2 Å². The largest absolute Gasteiger partial charge is 0.477 e. The van der Waals surface area contributed by atoms with E-state index in [-0.39, 0.29) is 4.88 Å². The summed E-state index contributed by atoms with van der Waals surface area (Å²) in [4.78, 5) is 24.7. The molecule has 162 valence electrons. The molecule has 0 aliphatic carbocycles. The summed E-state index contributed by atoms with van der Waals surface area (Å²) < 4.78 is 6.96. The molecule has 0 saturated carbocycles. The van der Waals surface area contributed by atoms with E-state index in [1.807, 2.05) is 54.6 Å². The van der Waals surface area contributed by atoms with Crippen molar-refractivity contribution < 1.29 is 19.4 Å². The summed E-state index contributed by atoms with van der Waals surface area (Å²) in [5.41, 5.74) is 3.03. The summed E-state index contributed by atoms with van der Waals surface area (Å²) in [5.74, 6) is -0.533. The predicted molar refractivity (Wildman–Crippen MR) is 122 cm³/mol. The first-order valence-corrected chi connectivity index (χ1v) is 10.6. The Kier molecular flexibility index (Phi) is 6.00. The smallest absolute Gasteiger partial charge is 0.413 e. The van der Waals surface area contributed by atoms with Crippen molar-refractivity contribution in [2.24, 2.45) is 7.05 Å². The van der Waals surface area contributed by atoms with Crippen molar-refractivity contribution in [1.82, 2.24) is 15.0 Å². The zero-order chi connectivity index (χ0) is 22.7. The molecule has 2 N–H and O–H groups in total. The first kappa shape index (κ1) is 21.3. The van der Waals surface area contributed by atoms with Gasteiger partial charge < -0.3 is 9.84 Å². The number of nitrogens with one attached hydrogen (secondary N) is 1. The topological polar surface area (TPSA) is 106 Å². The number of benzene rings is 2. The number of aromatic carboxylic acids is 1. The molecule has 0 unspecified atom stereocenters. The second-order valence-electron chi connectivity index (χ2n) is 7.04. The maximum atomic E-state index is 12.5. The molecule has 0 radical (unpaired) electrons. The summed E-state index contributed by atoms with van der Waals surface area (Å²) in [6.45, 7) is 1.80. The standard InChI is InChI=1S/C23H20N4O4S/c1-14(15-6-4-3-5-7-15)31-23(30)24-21-20(25-26-27(21)2)17-10-8-16(9-11-17)18-12-13-19(32-18)22(28)29/h3-14H,1-2H3,(H,24,30)(H,28,29)/t14-/m1/s1. The molecule has 0 aliphatic heterocycles. The molecule has 0 spiro atoms. The average Bonchev–Trinajstić information content (AvgIpc) is 3.42. The molecule has 2 heterocycles. The number of rotatable bonds is 6. The number of ether oxygens (including phenoxy) is 1. The van der Waals surface area contributed by atoms with Gasteiger partial charge in [0, 0.05) is 17.5 Å². The van der Waals surface area contributed by atoms with Crippen molar-refractivity contribution in [1.29, 1.82) is 0 Å². The number of aromatic nitrogens is 3. The minimum Gasteiger partial charge on any atom is -0.477 e. The lowest BCUT2D eigenvalue weighted by Gasteiger charge is -2.14. The molecule has 32 heavy (non-hydrogen) atoms. The van der Waals surface area contributed by atoms with E-state index < -0.39 is 18.2 Å². The SMILES string of the molecule is C[C@@H](OC(=O)Nc1c(-c2ccc(-c3ccc(C(=O)O)s3)cc2)nnn1C)c1ccccc1. The highest BCUT2D eigenvalue weighted by Crippen LogP contribution is 2.31. The van der Waals surface area contributed by atoms with Crippen LogP contribution in [-0.4, -0.2) is 32.2 Å². The van der Waals surface area contributed by atoms with Gasteiger partial charge in [0.2, 0.25) is 0 Å². The number of hydrogen-bond acceptors (Lipinski definition) is 6. The van der Waals surface area contributed by atoms with Gasteiger partial charge in [-0.1, -0.05) is 59.8 Å². The van der Waals surface area contributed by atoms with Crippen LogP contribution in [0, 0.1) is 0 Å². The van der Waals surface area contributed by atoms with Crippen molar-refractivity contribution in [2.75, 3.05) is 5.32 Å². The second-order valence-corrected chi connectivity index (χ2v) is 8.12. The third-order valence-electron chi connectivity index (χ3n) is 4.86. The van der Waals surface area contributed by atoms with E-state index in [0.717, 1.165) is 21.6 Å². The van der Waals surface area contributed by atoms with Crippen LogP contribution in [0.4, 0.5) is 10.6 Å². The van der Waals surface area contributed by atoms with Crippen molar-refractivity contribution in [3.63, 3.8) is 0 Å². The van der Waals surface area contributed by atoms with Crippen molar-refractivity contribution in [2.45, 2.75) is 13.0 Å². The van der Waals surface area contributed by atoms with Gasteiger partial charge in [0.1, 0.15) is 16.7 Å². The number of hydrogen-bond donors (Lipinski definition) is 2. The normalized spacial score (nSPS) is 11.7. The molecule has 1 atom stereocenters. The fourth-order valence-electron chi connectivity index (χ4n) is 3.17. The lowest BCUT2D eigenvalue weighted by Crippen LogP contribution is -2.18. The van der Waals surface area contributed by atoms with Crippen LogP contribution in [0.5, 0.6) is 0 Å². The Hall–Kier alpha value is -3.98. The van der Waals surface area contributed by atoms with E-state index in [9.17, 15) is 9.59 Å². The minimum absolute atomic E-state index is 0.285. The summed E-state index contributed by atoms with van der Waals surface area (Å²) in [6, 6.07) is 20.3. The number of carboxylic acids is 1. The Labute approximate surface area is 188 Å². The van der Waals surface area contributed by atoms with Crippen LogP contribution in [0.2, 0.25) is 0 Å². The summed E-state index contributed by atoms with van der Waals surface area (Å²) >= 11 is 1.21. The molecule has 2 aromatic heterocycles. The van der Waals surface area contributed by atoms with Crippen LogP contribution < -0.4 is 5.32 Å². The predicted octanol–water partition coefficient (Wildman–Crippen LogP) is 5.22. The molecule has 4 rings (SSSR count). The van der Waals surface area contributed by atoms with Crippen LogP contribution in [0.1, 0.15) is 28.3 Å². The molecular formula is C23H20N4O4S. The fourth-order valence-corrected chi connectivity index (χ4v) is 4.02. The zero-order valence-corrected chi connectivity index (χ0v) is 18.2. The van der Waals surface area contributed by atoms with Crippen LogP contribution in [-0.2, 0) is 11.8 Å². The zero-order valence-electron chi connectivity index (χ0n) is 17.4. The van der Waals surface area contributed by atoms with Gasteiger partial charge in [-0.05, 0) is 30.2 Å². The van der Waals surface area contributed by atoms with Gasteiger partial charge in [-0.15, -0.1) is 16.4 Å². The summed E-state index contributed by atoms with van der Waals surface area (Å²) in [7, 11) is 1.68. The molecular weight excluding hydrogens is 428 g/mol. The lowest BCUT2D eigenvalue weighted by molar-refractivity contribution is 0.0702. The number of aryl methyl sites for hydroxylation is 1. The second kappa shape index (κ2) is 9.03. The van der Waals surface area contributed by atoms with Crippen LogP contribution in [0.15, 0.2) is 66.7 Å². The van der Waals surface area contributed by atoms with Crippen molar-refractivity contribution in [3.05, 3.63) is 77.2 Å². The maximum Gasteiger partial charge on any atom is 0.413 e. The summed E-state index contributed by atoms with van der Waals surface area (Å²) in [6.07, 6.45) is -1.02. The van der Waals surface area contributed by atoms with E-state index in [1.54, 1.807) is 26.1 Å². The van der Waals surface area contributed by atoms with Gasteiger partial charge in [-0.3, -0.25) is 5.32 Å². The number of thiophene rings is 1. The molecule has 9 heteroatoms. The monoisotopic (exact) mass is 448 g/mol. The minimum atomic E-state index is -0.943. The highest BCUT2D eigenvalue weighted by atomic mass is 32.1. The van der Waals surface area contributed by atoms with Crippen LogP contribution in [0.25, 0.3) is 21.7 Å². The van der Waals surface area contributed by atoms with Gasteiger partial charge in [0.25, 0.3) is 0 Å². The molecule has 8 nitrogen and oxygen atoms in total. The third kappa shape index (κ3) is 4.52. The number of amides is 1. The van der Waals surface area contributed by atoms with E-state index in [4.69, 9.17) is 9.84 Å². The number of nitrogens with zero attached hydrogens (tertiary/aromatic N) is 3. The van der Waals surface area contributed by atoms with E-state index in [1.165, 1.54) is 16.0 Å². The number of anilines is 1. The van der Waals surface area contributed by atoms with Gasteiger partial charge in [-0.2, -0.15) is 0 Å². The Balaban J connectivity index is 1.50.